The molecule has 1 fully saturated rings. The number of anilines is 1. The molecular weight excluding hydrogens is 342 g/mol. The second-order valence-electron chi connectivity index (χ2n) is 6.24. The van der Waals surface area contributed by atoms with Crippen LogP contribution in [0.15, 0.2) is 24.3 Å². The second-order valence-corrected chi connectivity index (χ2v) is 6.24. The number of carbonyl (C=O) groups excluding carboxylic acids is 2. The zero-order valence-corrected chi connectivity index (χ0v) is 14.4. The van der Waals surface area contributed by atoms with Crippen LogP contribution in [0.4, 0.5) is 5.69 Å². The Morgan fingerprint density at radius 1 is 1.12 bits per heavy atom. The standard InChI is InChI=1S/C17H19N5O2.ClH/c23-16(19-12-5-6-12)10-1-3-11(4-2-10)20-17(24)15-13-9-18-8-7-14(13)21-22-15;/h1-4,12,18H,5-9H2,(H,19,23)(H,20,24)(H,21,22);1H. The monoisotopic (exact) mass is 361 g/mol. The van der Waals surface area contributed by atoms with Gasteiger partial charge in [0, 0.05) is 48.1 Å². The van der Waals surface area contributed by atoms with Gasteiger partial charge < -0.3 is 16.0 Å². The minimum Gasteiger partial charge on any atom is -0.349 e. The van der Waals surface area contributed by atoms with Crippen LogP contribution < -0.4 is 16.0 Å². The Morgan fingerprint density at radius 3 is 2.60 bits per heavy atom. The first-order chi connectivity index (χ1) is 11.7. The topological polar surface area (TPSA) is 98.9 Å². The molecule has 1 aromatic carbocycles. The third kappa shape index (κ3) is 3.83. The molecule has 2 amide bonds. The van der Waals surface area contributed by atoms with Gasteiger partial charge in [0.05, 0.1) is 0 Å². The molecule has 0 bridgehead atoms. The number of amides is 2. The predicted octanol–water partition coefficient (Wildman–Crippen LogP) is 1.62. The molecule has 2 heterocycles. The van der Waals surface area contributed by atoms with E-state index in [-0.39, 0.29) is 24.2 Å². The van der Waals surface area contributed by atoms with Crippen LogP contribution in [-0.4, -0.2) is 34.6 Å². The molecule has 2 aromatic rings. The Balaban J connectivity index is 0.00000182. The third-order valence-corrected chi connectivity index (χ3v) is 4.34. The normalized spacial score (nSPS) is 15.7. The SMILES string of the molecule is Cl.O=C(NC1CC1)c1ccc(NC(=O)c2n[nH]c3c2CNCC3)cc1. The van der Waals surface area contributed by atoms with Gasteiger partial charge in [-0.15, -0.1) is 12.4 Å². The number of benzene rings is 1. The lowest BCUT2D eigenvalue weighted by Crippen LogP contribution is -2.25. The van der Waals surface area contributed by atoms with Crippen molar-refractivity contribution < 1.29 is 9.59 Å². The molecule has 4 N–H and O–H groups in total. The number of rotatable bonds is 4. The van der Waals surface area contributed by atoms with E-state index in [4.69, 9.17) is 0 Å². The molecule has 0 spiro atoms. The van der Waals surface area contributed by atoms with E-state index in [0.717, 1.165) is 37.1 Å². The first-order valence-corrected chi connectivity index (χ1v) is 8.20. The summed E-state index contributed by atoms with van der Waals surface area (Å²) < 4.78 is 0. The summed E-state index contributed by atoms with van der Waals surface area (Å²) in [5.74, 6) is -0.311. The maximum absolute atomic E-state index is 12.4. The van der Waals surface area contributed by atoms with Crippen LogP contribution in [0.1, 0.15) is 44.9 Å². The van der Waals surface area contributed by atoms with E-state index < -0.39 is 0 Å². The lowest BCUT2D eigenvalue weighted by Gasteiger charge is -2.13. The molecule has 2 aliphatic rings. The lowest BCUT2D eigenvalue weighted by atomic mass is 10.1. The number of hydrogen-bond acceptors (Lipinski definition) is 4. The third-order valence-electron chi connectivity index (χ3n) is 4.34. The molecule has 0 unspecified atom stereocenters. The van der Waals surface area contributed by atoms with E-state index in [1.54, 1.807) is 24.3 Å². The Kier molecular flexibility index (Phi) is 5.06. The molecule has 0 radical (unpaired) electrons. The predicted molar refractivity (Wildman–Crippen MR) is 96.1 cm³/mol. The molecule has 1 aliphatic carbocycles. The van der Waals surface area contributed by atoms with Gasteiger partial charge in [0.2, 0.25) is 0 Å². The molecule has 0 atom stereocenters. The van der Waals surface area contributed by atoms with Crippen LogP contribution in [0, 0.1) is 0 Å². The van der Waals surface area contributed by atoms with Crippen molar-refractivity contribution in [3.05, 3.63) is 46.8 Å². The van der Waals surface area contributed by atoms with E-state index in [1.165, 1.54) is 0 Å². The maximum Gasteiger partial charge on any atom is 0.276 e. The minimum atomic E-state index is -0.244. The molecule has 25 heavy (non-hydrogen) atoms. The van der Waals surface area contributed by atoms with E-state index >= 15 is 0 Å². The lowest BCUT2D eigenvalue weighted by molar-refractivity contribution is 0.0950. The average molecular weight is 362 g/mol. The van der Waals surface area contributed by atoms with Crippen LogP contribution in [-0.2, 0) is 13.0 Å². The number of H-pyrrole nitrogens is 1. The number of aromatic amines is 1. The van der Waals surface area contributed by atoms with E-state index in [1.807, 2.05) is 0 Å². The summed E-state index contributed by atoms with van der Waals surface area (Å²) in [5.41, 5.74) is 3.61. The minimum absolute atomic E-state index is 0. The Morgan fingerprint density at radius 2 is 1.88 bits per heavy atom. The van der Waals surface area contributed by atoms with Crippen LogP contribution in [0.2, 0.25) is 0 Å². The van der Waals surface area contributed by atoms with Gasteiger partial charge in [0.1, 0.15) is 0 Å². The Hall–Kier alpha value is -2.38. The maximum atomic E-state index is 12.4. The van der Waals surface area contributed by atoms with E-state index in [9.17, 15) is 9.59 Å². The summed E-state index contributed by atoms with van der Waals surface area (Å²) >= 11 is 0. The van der Waals surface area contributed by atoms with Crippen molar-refractivity contribution in [2.45, 2.75) is 31.8 Å². The highest BCUT2D eigenvalue weighted by atomic mass is 35.5. The largest absolute Gasteiger partial charge is 0.349 e. The van der Waals surface area contributed by atoms with Gasteiger partial charge in [-0.3, -0.25) is 14.7 Å². The van der Waals surface area contributed by atoms with E-state index in [0.29, 0.717) is 29.5 Å². The summed E-state index contributed by atoms with van der Waals surface area (Å²) in [4.78, 5) is 24.4. The molecule has 8 heteroatoms. The zero-order chi connectivity index (χ0) is 16.5. The highest BCUT2D eigenvalue weighted by Gasteiger charge is 2.24. The fraction of sp³-hybridized carbons (Fsp3) is 0.353. The molecule has 1 aromatic heterocycles. The van der Waals surface area contributed by atoms with Crippen molar-refractivity contribution in [2.75, 3.05) is 11.9 Å². The number of nitrogens with one attached hydrogen (secondary N) is 4. The molecule has 1 aliphatic heterocycles. The first kappa shape index (κ1) is 17.4. The van der Waals surface area contributed by atoms with Gasteiger partial charge in [-0.1, -0.05) is 0 Å². The molecule has 4 rings (SSSR count). The number of halogens is 1. The van der Waals surface area contributed by atoms with Gasteiger partial charge in [0.25, 0.3) is 11.8 Å². The molecule has 7 nitrogen and oxygen atoms in total. The summed E-state index contributed by atoms with van der Waals surface area (Å²) in [7, 11) is 0. The van der Waals surface area contributed by atoms with Gasteiger partial charge in [-0.05, 0) is 37.1 Å². The number of hydrogen-bond donors (Lipinski definition) is 4. The number of aromatic nitrogens is 2. The quantitative estimate of drug-likeness (QED) is 0.665. The van der Waals surface area contributed by atoms with Crippen molar-refractivity contribution in [2.24, 2.45) is 0 Å². The summed E-state index contributed by atoms with van der Waals surface area (Å²) in [5, 5.41) is 16.1. The van der Waals surface area contributed by atoms with Crippen molar-refractivity contribution in [1.29, 1.82) is 0 Å². The van der Waals surface area contributed by atoms with Crippen molar-refractivity contribution in [1.82, 2.24) is 20.8 Å². The molecule has 1 saturated carbocycles. The van der Waals surface area contributed by atoms with Gasteiger partial charge in [0.15, 0.2) is 5.69 Å². The van der Waals surface area contributed by atoms with E-state index in [2.05, 4.69) is 26.1 Å². The Labute approximate surface area is 151 Å². The van der Waals surface area contributed by atoms with Crippen molar-refractivity contribution in [3.8, 4) is 0 Å². The van der Waals surface area contributed by atoms with Crippen molar-refractivity contribution in [3.63, 3.8) is 0 Å². The fourth-order valence-corrected chi connectivity index (χ4v) is 2.80. The fourth-order valence-electron chi connectivity index (χ4n) is 2.80. The first-order valence-electron chi connectivity index (χ1n) is 8.20. The molecule has 0 saturated heterocycles. The number of carbonyl (C=O) groups is 2. The zero-order valence-electron chi connectivity index (χ0n) is 13.6. The Bertz CT molecular complexity index is 783. The second kappa shape index (κ2) is 7.25. The van der Waals surface area contributed by atoms with Crippen LogP contribution in [0.25, 0.3) is 0 Å². The van der Waals surface area contributed by atoms with Crippen LogP contribution in [0.3, 0.4) is 0 Å². The summed E-state index contributed by atoms with van der Waals surface area (Å²) in [6.45, 7) is 1.54. The smallest absolute Gasteiger partial charge is 0.276 e. The van der Waals surface area contributed by atoms with Gasteiger partial charge >= 0.3 is 0 Å². The highest BCUT2D eigenvalue weighted by molar-refractivity contribution is 6.04. The van der Waals surface area contributed by atoms with Gasteiger partial charge in [-0.2, -0.15) is 5.10 Å². The van der Waals surface area contributed by atoms with Crippen LogP contribution >= 0.6 is 12.4 Å². The summed E-state index contributed by atoms with van der Waals surface area (Å²) in [6.07, 6.45) is 2.96. The van der Waals surface area contributed by atoms with Crippen LogP contribution in [0.5, 0.6) is 0 Å². The average Bonchev–Trinajstić information content (AvgIpc) is 3.30. The molecule has 132 valence electrons. The highest BCUT2D eigenvalue weighted by Crippen LogP contribution is 2.20. The number of fused-ring (bicyclic) bond motifs is 1. The summed E-state index contributed by atoms with van der Waals surface area (Å²) in [6, 6.07) is 7.23. The van der Waals surface area contributed by atoms with Gasteiger partial charge in [-0.25, -0.2) is 0 Å². The van der Waals surface area contributed by atoms with Crippen molar-refractivity contribution >= 4 is 29.9 Å². The number of nitrogens with zero attached hydrogens (tertiary/aromatic N) is 1. The molecular formula is C17H20ClN5O2.